The van der Waals surface area contributed by atoms with Crippen molar-refractivity contribution in [3.05, 3.63) is 0 Å². The van der Waals surface area contributed by atoms with Crippen molar-refractivity contribution in [1.29, 1.82) is 0 Å². The van der Waals surface area contributed by atoms with Gasteiger partial charge in [-0.1, -0.05) is 20.3 Å². The summed E-state index contributed by atoms with van der Waals surface area (Å²) in [5, 5.41) is 10.9. The van der Waals surface area contributed by atoms with Gasteiger partial charge in [0.25, 0.3) is 0 Å². The van der Waals surface area contributed by atoms with E-state index in [-0.39, 0.29) is 5.41 Å². The summed E-state index contributed by atoms with van der Waals surface area (Å²) in [6.45, 7) is 6.80. The van der Waals surface area contributed by atoms with Crippen LogP contribution in [0.2, 0.25) is 0 Å². The number of carbonyl (C=O) groups is 1. The van der Waals surface area contributed by atoms with Crippen LogP contribution >= 0.6 is 0 Å². The molecular formula is C20H32O2. The van der Waals surface area contributed by atoms with Gasteiger partial charge in [0.1, 0.15) is 6.29 Å². The molecule has 7 atom stereocenters. The molecule has 2 nitrogen and oxygen atoms in total. The Balaban J connectivity index is 1.74. The third-order valence-electron chi connectivity index (χ3n) is 8.80. The predicted octanol–water partition coefficient (Wildman–Crippen LogP) is 4.35. The molecule has 4 aliphatic carbocycles. The molecule has 4 fully saturated rings. The van der Waals surface area contributed by atoms with Crippen molar-refractivity contribution in [3.8, 4) is 0 Å². The van der Waals surface area contributed by atoms with E-state index in [1.807, 2.05) is 0 Å². The second kappa shape index (κ2) is 4.37. The van der Waals surface area contributed by atoms with E-state index in [2.05, 4.69) is 20.8 Å². The first kappa shape index (κ1) is 15.2. The van der Waals surface area contributed by atoms with Gasteiger partial charge in [0.2, 0.25) is 0 Å². The molecule has 124 valence electrons. The SMILES string of the molecule is C[C@@]12CCC[C@@](C)(C=O)[C@H]1CC[C@@]13C[C@@H](CC[C@H]12)[C@](C)(O)C3. The molecule has 2 heteroatoms. The summed E-state index contributed by atoms with van der Waals surface area (Å²) in [5.74, 6) is 1.80. The molecular weight excluding hydrogens is 272 g/mol. The minimum atomic E-state index is -0.444. The number of hydrogen-bond donors (Lipinski definition) is 1. The second-order valence-corrected chi connectivity index (χ2v) is 10.0. The Morgan fingerprint density at radius 1 is 1.00 bits per heavy atom. The summed E-state index contributed by atoms with van der Waals surface area (Å²) >= 11 is 0. The van der Waals surface area contributed by atoms with Crippen LogP contribution in [0.3, 0.4) is 0 Å². The van der Waals surface area contributed by atoms with Crippen molar-refractivity contribution < 1.29 is 9.90 Å². The molecule has 0 aromatic heterocycles. The Morgan fingerprint density at radius 3 is 2.50 bits per heavy atom. The van der Waals surface area contributed by atoms with Crippen molar-refractivity contribution in [1.82, 2.24) is 0 Å². The van der Waals surface area contributed by atoms with Gasteiger partial charge >= 0.3 is 0 Å². The van der Waals surface area contributed by atoms with Gasteiger partial charge in [0.15, 0.2) is 0 Å². The topological polar surface area (TPSA) is 37.3 Å². The Morgan fingerprint density at radius 2 is 1.77 bits per heavy atom. The first-order valence-electron chi connectivity index (χ1n) is 9.45. The molecule has 0 heterocycles. The Hall–Kier alpha value is -0.370. The average molecular weight is 304 g/mol. The molecule has 0 aromatic carbocycles. The van der Waals surface area contributed by atoms with E-state index in [1.165, 1.54) is 51.2 Å². The highest BCUT2D eigenvalue weighted by Crippen LogP contribution is 2.72. The van der Waals surface area contributed by atoms with Crippen molar-refractivity contribution in [2.45, 2.75) is 84.2 Å². The quantitative estimate of drug-likeness (QED) is 0.731. The zero-order chi connectivity index (χ0) is 15.8. The van der Waals surface area contributed by atoms with Crippen molar-refractivity contribution in [2.75, 3.05) is 0 Å². The molecule has 4 aliphatic rings. The van der Waals surface area contributed by atoms with Crippen molar-refractivity contribution in [3.63, 3.8) is 0 Å². The molecule has 22 heavy (non-hydrogen) atoms. The van der Waals surface area contributed by atoms with E-state index in [0.717, 1.165) is 18.8 Å². The minimum Gasteiger partial charge on any atom is -0.390 e. The van der Waals surface area contributed by atoms with E-state index >= 15 is 0 Å². The largest absolute Gasteiger partial charge is 0.390 e. The Kier molecular flexibility index (Phi) is 3.02. The first-order valence-corrected chi connectivity index (χ1v) is 9.45. The van der Waals surface area contributed by atoms with Gasteiger partial charge in [-0.3, -0.25) is 0 Å². The maximum absolute atomic E-state index is 11.9. The summed E-state index contributed by atoms with van der Waals surface area (Å²) < 4.78 is 0. The van der Waals surface area contributed by atoms with Crippen LogP contribution in [0.1, 0.15) is 78.6 Å². The third-order valence-corrected chi connectivity index (χ3v) is 8.80. The lowest BCUT2D eigenvalue weighted by molar-refractivity contribution is -0.157. The minimum absolute atomic E-state index is 0.105. The second-order valence-electron chi connectivity index (χ2n) is 10.0. The lowest BCUT2D eigenvalue weighted by Gasteiger charge is -2.63. The highest BCUT2D eigenvalue weighted by Gasteiger charge is 2.66. The molecule has 0 aromatic rings. The highest BCUT2D eigenvalue weighted by molar-refractivity contribution is 5.60. The fraction of sp³-hybridized carbons (Fsp3) is 0.950. The van der Waals surface area contributed by atoms with Crippen LogP contribution in [0.5, 0.6) is 0 Å². The molecule has 0 aliphatic heterocycles. The monoisotopic (exact) mass is 304 g/mol. The molecule has 2 bridgehead atoms. The smallest absolute Gasteiger partial charge is 0.126 e. The number of aldehydes is 1. The molecule has 4 saturated carbocycles. The van der Waals surface area contributed by atoms with Crippen LogP contribution in [-0.2, 0) is 4.79 Å². The van der Waals surface area contributed by atoms with Gasteiger partial charge in [-0.2, -0.15) is 0 Å². The van der Waals surface area contributed by atoms with Gasteiger partial charge < -0.3 is 9.90 Å². The summed E-state index contributed by atoms with van der Waals surface area (Å²) in [6, 6.07) is 0. The van der Waals surface area contributed by atoms with Gasteiger partial charge in [-0.05, 0) is 86.9 Å². The summed E-state index contributed by atoms with van der Waals surface area (Å²) in [7, 11) is 0. The van der Waals surface area contributed by atoms with Gasteiger partial charge in [-0.15, -0.1) is 0 Å². The maximum atomic E-state index is 11.9. The average Bonchev–Trinajstić information content (AvgIpc) is 2.63. The van der Waals surface area contributed by atoms with Crippen LogP contribution in [-0.4, -0.2) is 17.0 Å². The van der Waals surface area contributed by atoms with E-state index in [4.69, 9.17) is 0 Å². The molecule has 0 unspecified atom stereocenters. The highest BCUT2D eigenvalue weighted by atomic mass is 16.3. The molecule has 0 radical (unpaired) electrons. The first-order chi connectivity index (χ1) is 10.3. The van der Waals surface area contributed by atoms with E-state index < -0.39 is 5.60 Å². The van der Waals surface area contributed by atoms with E-state index in [1.54, 1.807) is 0 Å². The van der Waals surface area contributed by atoms with Crippen LogP contribution in [0, 0.1) is 34.0 Å². The number of carbonyl (C=O) groups excluding carboxylic acids is 1. The molecule has 0 saturated heterocycles. The lowest BCUT2D eigenvalue weighted by atomic mass is 9.41. The standard InChI is InChI=1S/C20H32O2/c1-17(13-21)8-4-9-18(2)15(17)7-10-20-11-14(5-6-16(18)20)19(3,22)12-20/h13-16,22H,4-12H2,1-3H3/t14-,15-,16+,17+,18-,19-,20+/m1/s1. The van der Waals surface area contributed by atoms with Gasteiger partial charge in [-0.25, -0.2) is 0 Å². The number of rotatable bonds is 1. The molecule has 1 N–H and O–H groups in total. The zero-order valence-corrected chi connectivity index (χ0v) is 14.5. The summed E-state index contributed by atoms with van der Waals surface area (Å²) in [5.41, 5.74) is 0.142. The van der Waals surface area contributed by atoms with Crippen LogP contribution in [0.4, 0.5) is 0 Å². The van der Waals surface area contributed by atoms with E-state index in [0.29, 0.717) is 22.7 Å². The molecule has 1 spiro atoms. The van der Waals surface area contributed by atoms with Crippen molar-refractivity contribution in [2.24, 2.45) is 34.0 Å². The van der Waals surface area contributed by atoms with Crippen LogP contribution in [0.25, 0.3) is 0 Å². The van der Waals surface area contributed by atoms with E-state index in [9.17, 15) is 9.90 Å². The Bertz CT molecular complexity index is 498. The maximum Gasteiger partial charge on any atom is 0.126 e. The summed E-state index contributed by atoms with van der Waals surface area (Å²) in [4.78, 5) is 11.9. The van der Waals surface area contributed by atoms with Crippen molar-refractivity contribution >= 4 is 6.29 Å². The normalized spacial score (nSPS) is 60.5. The third kappa shape index (κ3) is 1.74. The fourth-order valence-electron chi connectivity index (χ4n) is 7.99. The molecule has 0 amide bonds. The van der Waals surface area contributed by atoms with Gasteiger partial charge in [0.05, 0.1) is 5.60 Å². The van der Waals surface area contributed by atoms with Crippen LogP contribution in [0.15, 0.2) is 0 Å². The Labute approximate surface area is 135 Å². The zero-order valence-electron chi connectivity index (χ0n) is 14.5. The lowest BCUT2D eigenvalue weighted by Crippen LogP contribution is -2.56. The van der Waals surface area contributed by atoms with Gasteiger partial charge in [0, 0.05) is 5.41 Å². The van der Waals surface area contributed by atoms with Crippen LogP contribution < -0.4 is 0 Å². The predicted molar refractivity (Wildman–Crippen MR) is 87.4 cm³/mol. The number of fused-ring (bicyclic) bond motifs is 3. The molecule has 4 rings (SSSR count). The summed E-state index contributed by atoms with van der Waals surface area (Å²) in [6.07, 6.45) is 12.0. The number of hydrogen-bond acceptors (Lipinski definition) is 2. The fourth-order valence-corrected chi connectivity index (χ4v) is 7.99. The number of aliphatic hydroxyl groups is 1.